The number of nitrogens with one attached hydrogen (secondary N) is 2. The summed E-state index contributed by atoms with van der Waals surface area (Å²) in [5.41, 5.74) is 0.604. The molecule has 0 radical (unpaired) electrons. The molecule has 0 bridgehead atoms. The Morgan fingerprint density at radius 1 is 1.14 bits per heavy atom. The van der Waals surface area contributed by atoms with Crippen molar-refractivity contribution in [3.63, 3.8) is 0 Å². The minimum Gasteiger partial charge on any atom is -0.484 e. The van der Waals surface area contributed by atoms with Gasteiger partial charge in [-0.05, 0) is 37.6 Å². The fourth-order valence-electron chi connectivity index (χ4n) is 1.61. The van der Waals surface area contributed by atoms with Gasteiger partial charge in [-0.25, -0.2) is 4.79 Å². The fourth-order valence-corrected chi connectivity index (χ4v) is 1.61. The number of urea groups is 1. The van der Waals surface area contributed by atoms with Crippen molar-refractivity contribution >= 4 is 17.7 Å². The smallest absolute Gasteiger partial charge is 0.321 e. The Balaban J connectivity index is 2.41. The summed E-state index contributed by atoms with van der Waals surface area (Å²) < 4.78 is 5.27. The third kappa shape index (κ3) is 5.95. The van der Waals surface area contributed by atoms with Gasteiger partial charge in [-0.1, -0.05) is 13.8 Å². The molecule has 120 valence electrons. The molecule has 3 amide bonds. The summed E-state index contributed by atoms with van der Waals surface area (Å²) in [6.07, 6.45) is 1.22. The molecule has 2 N–H and O–H groups in total. The van der Waals surface area contributed by atoms with Crippen LogP contribution >= 0.6 is 0 Å². The van der Waals surface area contributed by atoms with Crippen molar-refractivity contribution < 1.29 is 19.1 Å². The first-order chi connectivity index (χ1) is 10.5. The third-order valence-corrected chi connectivity index (χ3v) is 3.11. The van der Waals surface area contributed by atoms with Gasteiger partial charge in [0, 0.05) is 18.0 Å². The summed E-state index contributed by atoms with van der Waals surface area (Å²) in [6, 6.07) is 6.00. The van der Waals surface area contributed by atoms with Crippen LogP contribution in [-0.2, 0) is 4.79 Å². The van der Waals surface area contributed by atoms with Crippen molar-refractivity contribution in [1.29, 1.82) is 0 Å². The number of ketones is 1. The van der Waals surface area contributed by atoms with Crippen molar-refractivity contribution in [2.45, 2.75) is 39.7 Å². The zero-order valence-corrected chi connectivity index (χ0v) is 13.1. The van der Waals surface area contributed by atoms with E-state index < -0.39 is 11.9 Å². The van der Waals surface area contributed by atoms with Crippen LogP contribution in [0.15, 0.2) is 24.3 Å². The SMILES string of the molecule is CCC(=O)c1ccc(OCC(=O)NC(=O)N[C@H](C)CC)cc1. The van der Waals surface area contributed by atoms with Gasteiger partial charge in [-0.3, -0.25) is 14.9 Å². The molecule has 0 saturated carbocycles. The molecular weight excluding hydrogens is 284 g/mol. The van der Waals surface area contributed by atoms with Crippen LogP contribution in [0.2, 0.25) is 0 Å². The van der Waals surface area contributed by atoms with Crippen LogP contribution in [-0.4, -0.2) is 30.4 Å². The Morgan fingerprint density at radius 3 is 2.32 bits per heavy atom. The molecule has 0 aliphatic carbocycles. The summed E-state index contributed by atoms with van der Waals surface area (Å²) in [4.78, 5) is 34.5. The maximum Gasteiger partial charge on any atom is 0.321 e. The number of ether oxygens (including phenoxy) is 1. The van der Waals surface area contributed by atoms with E-state index >= 15 is 0 Å². The van der Waals surface area contributed by atoms with Crippen molar-refractivity contribution in [2.24, 2.45) is 0 Å². The number of Topliss-reactive ketones (excluding diaryl/α,β-unsaturated/α-hetero) is 1. The fraction of sp³-hybridized carbons (Fsp3) is 0.438. The third-order valence-electron chi connectivity index (χ3n) is 3.11. The summed E-state index contributed by atoms with van der Waals surface area (Å²) >= 11 is 0. The van der Waals surface area contributed by atoms with Gasteiger partial charge in [0.05, 0.1) is 0 Å². The zero-order chi connectivity index (χ0) is 16.5. The largest absolute Gasteiger partial charge is 0.484 e. The molecular formula is C16H22N2O4. The highest BCUT2D eigenvalue weighted by Gasteiger charge is 2.10. The Bertz CT molecular complexity index is 525. The van der Waals surface area contributed by atoms with Gasteiger partial charge in [-0.15, -0.1) is 0 Å². The predicted octanol–water partition coefficient (Wildman–Crippen LogP) is 2.28. The monoisotopic (exact) mass is 306 g/mol. The van der Waals surface area contributed by atoms with E-state index in [1.165, 1.54) is 0 Å². The number of amides is 3. The molecule has 0 saturated heterocycles. The molecule has 22 heavy (non-hydrogen) atoms. The lowest BCUT2D eigenvalue weighted by atomic mass is 10.1. The average Bonchev–Trinajstić information content (AvgIpc) is 2.52. The number of carbonyl (C=O) groups excluding carboxylic acids is 3. The maximum atomic E-state index is 11.6. The first-order valence-corrected chi connectivity index (χ1v) is 7.32. The highest BCUT2D eigenvalue weighted by molar-refractivity contribution is 5.96. The summed E-state index contributed by atoms with van der Waals surface area (Å²) in [5, 5.41) is 4.81. The molecule has 0 unspecified atom stereocenters. The van der Waals surface area contributed by atoms with Gasteiger partial charge in [0.15, 0.2) is 12.4 Å². The first kappa shape index (κ1) is 17.7. The minimum absolute atomic E-state index is 0.00244. The molecule has 1 rings (SSSR count). The van der Waals surface area contributed by atoms with E-state index in [0.717, 1.165) is 6.42 Å². The Labute approximate surface area is 130 Å². The van der Waals surface area contributed by atoms with Gasteiger partial charge in [0.25, 0.3) is 5.91 Å². The van der Waals surface area contributed by atoms with Crippen LogP contribution in [0.3, 0.4) is 0 Å². The first-order valence-electron chi connectivity index (χ1n) is 7.32. The molecule has 1 aromatic rings. The zero-order valence-electron chi connectivity index (χ0n) is 13.1. The van der Waals surface area contributed by atoms with E-state index in [2.05, 4.69) is 10.6 Å². The van der Waals surface area contributed by atoms with E-state index in [9.17, 15) is 14.4 Å². The van der Waals surface area contributed by atoms with Crippen LogP contribution in [0, 0.1) is 0 Å². The second kappa shape index (κ2) is 8.81. The van der Waals surface area contributed by atoms with Crippen LogP contribution in [0.25, 0.3) is 0 Å². The highest BCUT2D eigenvalue weighted by Crippen LogP contribution is 2.13. The molecule has 6 heteroatoms. The van der Waals surface area contributed by atoms with Crippen molar-refractivity contribution in [3.05, 3.63) is 29.8 Å². The quantitative estimate of drug-likeness (QED) is 0.757. The van der Waals surface area contributed by atoms with Crippen LogP contribution in [0.1, 0.15) is 44.0 Å². The second-order valence-electron chi connectivity index (χ2n) is 4.92. The molecule has 0 fully saturated rings. The second-order valence-corrected chi connectivity index (χ2v) is 4.92. The Morgan fingerprint density at radius 2 is 1.77 bits per heavy atom. The van der Waals surface area contributed by atoms with Gasteiger partial charge in [0.1, 0.15) is 5.75 Å². The number of hydrogen-bond donors (Lipinski definition) is 2. The topological polar surface area (TPSA) is 84.5 Å². The van der Waals surface area contributed by atoms with Crippen molar-refractivity contribution in [2.75, 3.05) is 6.61 Å². The molecule has 0 aliphatic heterocycles. The van der Waals surface area contributed by atoms with Crippen molar-refractivity contribution in [3.8, 4) is 5.75 Å². The van der Waals surface area contributed by atoms with Crippen molar-refractivity contribution in [1.82, 2.24) is 10.6 Å². The number of carbonyl (C=O) groups is 3. The molecule has 6 nitrogen and oxygen atoms in total. The molecule has 0 heterocycles. The lowest BCUT2D eigenvalue weighted by Gasteiger charge is -2.12. The lowest BCUT2D eigenvalue weighted by molar-refractivity contribution is -0.122. The molecule has 1 atom stereocenters. The van der Waals surface area contributed by atoms with Crippen LogP contribution in [0.5, 0.6) is 5.75 Å². The van der Waals surface area contributed by atoms with Gasteiger partial charge < -0.3 is 10.1 Å². The summed E-state index contributed by atoms with van der Waals surface area (Å²) in [5.74, 6) is -0.0225. The highest BCUT2D eigenvalue weighted by atomic mass is 16.5. The molecule has 0 aliphatic rings. The van der Waals surface area contributed by atoms with E-state index in [-0.39, 0.29) is 18.4 Å². The average molecular weight is 306 g/mol. The predicted molar refractivity (Wildman–Crippen MR) is 83.0 cm³/mol. The Hall–Kier alpha value is -2.37. The standard InChI is InChI=1S/C16H22N2O4/c1-4-11(3)17-16(21)18-15(20)10-22-13-8-6-12(7-9-13)14(19)5-2/h6-9,11H,4-5,10H2,1-3H3,(H2,17,18,20,21)/t11-/m1/s1. The minimum atomic E-state index is -0.535. The van der Waals surface area contributed by atoms with Gasteiger partial charge in [0.2, 0.25) is 0 Å². The lowest BCUT2D eigenvalue weighted by Crippen LogP contribution is -2.44. The van der Waals surface area contributed by atoms with Crippen LogP contribution in [0.4, 0.5) is 4.79 Å². The number of benzene rings is 1. The van der Waals surface area contributed by atoms with E-state index in [0.29, 0.717) is 17.7 Å². The number of hydrogen-bond acceptors (Lipinski definition) is 4. The molecule has 0 spiro atoms. The van der Waals surface area contributed by atoms with E-state index in [1.54, 1.807) is 31.2 Å². The normalized spacial score (nSPS) is 11.4. The number of rotatable bonds is 7. The van der Waals surface area contributed by atoms with E-state index in [1.807, 2.05) is 13.8 Å². The summed E-state index contributed by atoms with van der Waals surface area (Å²) in [7, 11) is 0. The molecule has 1 aromatic carbocycles. The summed E-state index contributed by atoms with van der Waals surface area (Å²) in [6.45, 7) is 5.30. The van der Waals surface area contributed by atoms with Crippen LogP contribution < -0.4 is 15.4 Å². The number of imide groups is 1. The maximum absolute atomic E-state index is 11.6. The van der Waals surface area contributed by atoms with Gasteiger partial charge >= 0.3 is 6.03 Å². The van der Waals surface area contributed by atoms with E-state index in [4.69, 9.17) is 4.74 Å². The van der Waals surface area contributed by atoms with Gasteiger partial charge in [-0.2, -0.15) is 0 Å². The Kier molecular flexibility index (Phi) is 7.08. The molecule has 0 aromatic heterocycles.